The molecule has 8 nitrogen and oxygen atoms in total. The Bertz CT molecular complexity index is 1070. The molecule has 3 amide bonds. The number of urea groups is 1. The zero-order valence-corrected chi connectivity index (χ0v) is 18.8. The maximum atomic E-state index is 12.9. The lowest BCUT2D eigenvalue weighted by molar-refractivity contribution is -0.132. The molecular formula is C20H22Cl2N4O4S. The molecule has 11 heteroatoms. The normalized spacial score (nSPS) is 16.0. The van der Waals surface area contributed by atoms with Gasteiger partial charge >= 0.3 is 6.03 Å². The van der Waals surface area contributed by atoms with Gasteiger partial charge in [-0.3, -0.25) is 4.79 Å². The van der Waals surface area contributed by atoms with Gasteiger partial charge in [0.1, 0.15) is 4.90 Å². The highest BCUT2D eigenvalue weighted by molar-refractivity contribution is 7.89. The van der Waals surface area contributed by atoms with Crippen LogP contribution in [0, 0.1) is 0 Å². The van der Waals surface area contributed by atoms with Crippen molar-refractivity contribution in [1.29, 1.82) is 0 Å². The minimum absolute atomic E-state index is 0.0425. The Morgan fingerprint density at radius 3 is 2.13 bits per heavy atom. The van der Waals surface area contributed by atoms with E-state index in [1.54, 1.807) is 41.3 Å². The number of nitrogens with one attached hydrogen (secondary N) is 1. The van der Waals surface area contributed by atoms with Crippen LogP contribution in [-0.4, -0.2) is 55.7 Å². The third kappa shape index (κ3) is 5.48. The number of primary amides is 1. The molecule has 1 fully saturated rings. The number of halogens is 2. The van der Waals surface area contributed by atoms with Gasteiger partial charge in [0.15, 0.2) is 0 Å². The molecule has 1 aliphatic rings. The van der Waals surface area contributed by atoms with Crippen LogP contribution in [0.2, 0.25) is 10.0 Å². The Morgan fingerprint density at radius 1 is 0.968 bits per heavy atom. The molecule has 0 unspecified atom stereocenters. The fraction of sp³-hybridized carbons (Fsp3) is 0.300. The van der Waals surface area contributed by atoms with Crippen molar-refractivity contribution in [2.24, 2.45) is 5.73 Å². The predicted octanol–water partition coefficient (Wildman–Crippen LogP) is 2.63. The van der Waals surface area contributed by atoms with E-state index in [4.69, 9.17) is 28.9 Å². The van der Waals surface area contributed by atoms with Gasteiger partial charge in [0, 0.05) is 31.2 Å². The molecule has 1 saturated heterocycles. The van der Waals surface area contributed by atoms with Crippen molar-refractivity contribution in [3.8, 4) is 0 Å². The van der Waals surface area contributed by atoms with Gasteiger partial charge < -0.3 is 16.0 Å². The number of benzene rings is 2. The minimum atomic E-state index is -3.76. The summed E-state index contributed by atoms with van der Waals surface area (Å²) in [4.78, 5) is 25.9. The fourth-order valence-electron chi connectivity index (χ4n) is 3.44. The van der Waals surface area contributed by atoms with Crippen molar-refractivity contribution in [2.45, 2.75) is 17.4 Å². The summed E-state index contributed by atoms with van der Waals surface area (Å²) < 4.78 is 27.0. The summed E-state index contributed by atoms with van der Waals surface area (Å²) in [7, 11) is -3.76. The number of nitrogens with two attached hydrogens (primary N) is 1. The van der Waals surface area contributed by atoms with E-state index >= 15 is 0 Å². The Balaban J connectivity index is 1.67. The Morgan fingerprint density at radius 2 is 1.55 bits per heavy atom. The fourth-order valence-corrected chi connectivity index (χ4v) is 5.63. The van der Waals surface area contributed by atoms with E-state index in [1.807, 2.05) is 0 Å². The molecule has 1 heterocycles. The number of carbonyl (C=O) groups excluding carboxylic acids is 2. The molecule has 0 aromatic heterocycles. The van der Waals surface area contributed by atoms with Crippen LogP contribution in [0.5, 0.6) is 0 Å². The highest BCUT2D eigenvalue weighted by Crippen LogP contribution is 2.27. The molecule has 2 aromatic rings. The van der Waals surface area contributed by atoms with Crippen LogP contribution in [0.15, 0.2) is 53.4 Å². The van der Waals surface area contributed by atoms with Crippen LogP contribution in [0.25, 0.3) is 0 Å². The lowest BCUT2D eigenvalue weighted by Crippen LogP contribution is -2.51. The first-order chi connectivity index (χ1) is 14.7. The van der Waals surface area contributed by atoms with Gasteiger partial charge in [0.2, 0.25) is 15.9 Å². The Kier molecular flexibility index (Phi) is 7.42. The van der Waals surface area contributed by atoms with Crippen LogP contribution in [0.3, 0.4) is 0 Å². The first-order valence-electron chi connectivity index (χ1n) is 9.53. The average Bonchev–Trinajstić information content (AvgIpc) is 2.73. The second-order valence-corrected chi connectivity index (χ2v) is 9.72. The Labute approximate surface area is 191 Å². The first kappa shape index (κ1) is 23.3. The molecule has 0 aliphatic carbocycles. The van der Waals surface area contributed by atoms with E-state index < -0.39 is 22.1 Å². The molecule has 0 saturated carbocycles. The maximum absolute atomic E-state index is 12.9. The van der Waals surface area contributed by atoms with Gasteiger partial charge in [-0.15, -0.1) is 0 Å². The topological polar surface area (TPSA) is 113 Å². The number of rotatable bonds is 6. The summed E-state index contributed by atoms with van der Waals surface area (Å²) in [5.41, 5.74) is 5.85. The van der Waals surface area contributed by atoms with E-state index in [0.717, 1.165) is 0 Å². The van der Waals surface area contributed by atoms with E-state index in [1.165, 1.54) is 16.4 Å². The largest absolute Gasteiger partial charge is 0.352 e. The van der Waals surface area contributed by atoms with Crippen molar-refractivity contribution < 1.29 is 18.0 Å². The van der Waals surface area contributed by atoms with E-state index in [-0.39, 0.29) is 48.4 Å². The zero-order chi connectivity index (χ0) is 22.6. The van der Waals surface area contributed by atoms with Crippen molar-refractivity contribution in [3.05, 3.63) is 64.1 Å². The molecule has 2 aromatic carbocycles. The maximum Gasteiger partial charge on any atom is 0.312 e. The highest BCUT2D eigenvalue weighted by Gasteiger charge is 2.32. The van der Waals surface area contributed by atoms with Gasteiger partial charge in [-0.05, 0) is 23.8 Å². The molecule has 1 atom stereocenters. The summed E-state index contributed by atoms with van der Waals surface area (Å²) in [6.45, 7) is 0.710. The second kappa shape index (κ2) is 9.86. The summed E-state index contributed by atoms with van der Waals surface area (Å²) >= 11 is 12.3. The van der Waals surface area contributed by atoms with Crippen LogP contribution in [0.4, 0.5) is 4.79 Å². The summed E-state index contributed by atoms with van der Waals surface area (Å²) in [5.74, 6) is -0.242. The molecule has 31 heavy (non-hydrogen) atoms. The van der Waals surface area contributed by atoms with E-state index in [2.05, 4.69) is 5.32 Å². The Hall–Kier alpha value is -2.33. The quantitative estimate of drug-likeness (QED) is 0.655. The number of hydrogen-bond donors (Lipinski definition) is 2. The van der Waals surface area contributed by atoms with Gasteiger partial charge in [0.25, 0.3) is 0 Å². The molecule has 166 valence electrons. The van der Waals surface area contributed by atoms with Gasteiger partial charge in [0.05, 0.1) is 17.5 Å². The predicted molar refractivity (Wildman–Crippen MR) is 118 cm³/mol. The van der Waals surface area contributed by atoms with Crippen LogP contribution in [0.1, 0.15) is 18.0 Å². The molecule has 3 N–H and O–H groups in total. The number of piperazine rings is 1. The lowest BCUT2D eigenvalue weighted by atomic mass is 10.0. The highest BCUT2D eigenvalue weighted by atomic mass is 35.5. The minimum Gasteiger partial charge on any atom is -0.352 e. The first-order valence-corrected chi connectivity index (χ1v) is 11.7. The van der Waals surface area contributed by atoms with E-state index in [0.29, 0.717) is 10.6 Å². The van der Waals surface area contributed by atoms with Crippen LogP contribution < -0.4 is 11.1 Å². The third-order valence-corrected chi connectivity index (χ3v) is 7.76. The molecule has 0 radical (unpaired) electrons. The van der Waals surface area contributed by atoms with Crippen molar-refractivity contribution in [3.63, 3.8) is 0 Å². The average molecular weight is 485 g/mol. The molecular weight excluding hydrogens is 463 g/mol. The van der Waals surface area contributed by atoms with Crippen LogP contribution in [-0.2, 0) is 14.8 Å². The smallest absolute Gasteiger partial charge is 0.312 e. The number of sulfonamides is 1. The van der Waals surface area contributed by atoms with E-state index in [9.17, 15) is 18.0 Å². The number of amides is 3. The number of hydrogen-bond acceptors (Lipinski definition) is 4. The third-order valence-electron chi connectivity index (χ3n) is 5.02. The SMILES string of the molecule is NC(=O)N[C@@H](CC(=O)N1CCN(S(=O)(=O)c2ccccc2Cl)CC1)c1ccccc1Cl. The standard InChI is InChI=1S/C20H22Cl2N4O4S/c21-15-6-2-1-5-14(15)17(24-20(23)28)13-19(27)25-9-11-26(12-10-25)31(29,30)18-8-4-3-7-16(18)22/h1-8,17H,9-13H2,(H3,23,24,28)/t17-/m0/s1. The monoisotopic (exact) mass is 484 g/mol. The zero-order valence-electron chi connectivity index (χ0n) is 16.5. The summed E-state index contributed by atoms with van der Waals surface area (Å²) in [5, 5.41) is 3.11. The van der Waals surface area contributed by atoms with Crippen molar-refractivity contribution >= 4 is 45.2 Å². The summed E-state index contributed by atoms with van der Waals surface area (Å²) in [6.07, 6.45) is -0.0517. The molecule has 0 bridgehead atoms. The lowest BCUT2D eigenvalue weighted by Gasteiger charge is -2.35. The van der Waals surface area contributed by atoms with Gasteiger partial charge in [-0.25, -0.2) is 13.2 Å². The molecule has 3 rings (SSSR count). The summed E-state index contributed by atoms with van der Waals surface area (Å²) in [6, 6.07) is 11.7. The van der Waals surface area contributed by atoms with Crippen LogP contribution >= 0.6 is 23.2 Å². The van der Waals surface area contributed by atoms with Gasteiger partial charge in [-0.1, -0.05) is 53.5 Å². The number of carbonyl (C=O) groups is 2. The van der Waals surface area contributed by atoms with Crippen molar-refractivity contribution in [2.75, 3.05) is 26.2 Å². The molecule has 1 aliphatic heterocycles. The number of nitrogens with zero attached hydrogens (tertiary/aromatic N) is 2. The van der Waals surface area contributed by atoms with Gasteiger partial charge in [-0.2, -0.15) is 4.31 Å². The second-order valence-electron chi connectivity index (χ2n) is 7.00. The molecule has 0 spiro atoms. The van der Waals surface area contributed by atoms with Crippen molar-refractivity contribution in [1.82, 2.24) is 14.5 Å².